The third kappa shape index (κ3) is 6.77. The van der Waals surface area contributed by atoms with Crippen LogP contribution in [-0.4, -0.2) is 30.5 Å². The van der Waals surface area contributed by atoms with E-state index in [1.807, 2.05) is 0 Å². The minimum absolute atomic E-state index is 0.198. The van der Waals surface area contributed by atoms with Crippen molar-refractivity contribution in [3.63, 3.8) is 0 Å². The number of ether oxygens (including phenoxy) is 2. The van der Waals surface area contributed by atoms with Crippen LogP contribution in [0, 0.1) is 5.82 Å². The number of halogens is 1. The molecule has 2 rings (SSSR count). The molecule has 0 aromatic heterocycles. The summed E-state index contributed by atoms with van der Waals surface area (Å²) in [6.45, 7) is 2.37. The molecule has 7 nitrogen and oxygen atoms in total. The maximum absolute atomic E-state index is 12.8. The highest BCUT2D eigenvalue weighted by molar-refractivity contribution is 5.94. The zero-order valence-electron chi connectivity index (χ0n) is 14.8. The molecule has 8 heteroatoms. The lowest BCUT2D eigenvalue weighted by molar-refractivity contribution is -0.153. The quantitative estimate of drug-likeness (QED) is 0.727. The Morgan fingerprint density at radius 2 is 1.52 bits per heavy atom. The van der Waals surface area contributed by atoms with E-state index in [1.165, 1.54) is 38.1 Å². The van der Waals surface area contributed by atoms with Crippen LogP contribution in [0.25, 0.3) is 0 Å². The van der Waals surface area contributed by atoms with Gasteiger partial charge in [-0.05, 0) is 55.5 Å². The number of hydrogen-bond acceptors (Lipinski definition) is 5. The Labute approximate surface area is 155 Å². The number of nitrogens with one attached hydrogen (secondary N) is 2. The summed E-state index contributed by atoms with van der Waals surface area (Å²) < 4.78 is 23.1. The van der Waals surface area contributed by atoms with Crippen LogP contribution in [0.15, 0.2) is 48.5 Å². The van der Waals surface area contributed by atoms with Crippen LogP contribution in [0.2, 0.25) is 0 Å². The Kier molecular flexibility index (Phi) is 6.87. The van der Waals surface area contributed by atoms with E-state index in [4.69, 9.17) is 9.47 Å². The molecular formula is C19H19FN2O5. The molecule has 2 aromatic carbocycles. The first-order valence-corrected chi connectivity index (χ1v) is 8.10. The van der Waals surface area contributed by atoms with Crippen LogP contribution in [0.1, 0.15) is 13.8 Å². The zero-order valence-corrected chi connectivity index (χ0v) is 14.8. The Balaban J connectivity index is 1.77. The average molecular weight is 374 g/mol. The predicted octanol–water partition coefficient (Wildman–Crippen LogP) is 2.73. The summed E-state index contributed by atoms with van der Waals surface area (Å²) in [4.78, 5) is 34.7. The molecule has 0 saturated heterocycles. The molecule has 27 heavy (non-hydrogen) atoms. The topological polar surface area (TPSA) is 93.7 Å². The van der Waals surface area contributed by atoms with Gasteiger partial charge < -0.3 is 20.1 Å². The fourth-order valence-corrected chi connectivity index (χ4v) is 2.06. The van der Waals surface area contributed by atoms with Crippen LogP contribution in [0.5, 0.6) is 5.75 Å². The van der Waals surface area contributed by atoms with Gasteiger partial charge >= 0.3 is 5.97 Å². The molecule has 0 bridgehead atoms. The summed E-state index contributed by atoms with van der Waals surface area (Å²) >= 11 is 0. The van der Waals surface area contributed by atoms with Gasteiger partial charge in [0.15, 0.2) is 12.7 Å². The first kappa shape index (κ1) is 19.9. The molecule has 0 aliphatic heterocycles. The second kappa shape index (κ2) is 9.33. The normalized spacial score (nSPS) is 11.2. The van der Waals surface area contributed by atoms with Crippen molar-refractivity contribution in [2.75, 3.05) is 17.2 Å². The number of esters is 1. The number of hydrogen-bond donors (Lipinski definition) is 2. The highest BCUT2D eigenvalue weighted by Crippen LogP contribution is 2.14. The summed E-state index contributed by atoms with van der Waals surface area (Å²) in [6, 6.07) is 11.6. The molecule has 2 N–H and O–H groups in total. The van der Waals surface area contributed by atoms with Crippen molar-refractivity contribution in [3.05, 3.63) is 54.3 Å². The molecule has 0 radical (unpaired) electrons. The second-order valence-corrected chi connectivity index (χ2v) is 5.63. The Hall–Kier alpha value is -3.42. The number of anilines is 2. The number of rotatable bonds is 7. The van der Waals surface area contributed by atoms with E-state index in [0.717, 1.165) is 0 Å². The molecule has 2 amide bonds. The lowest BCUT2D eigenvalue weighted by Gasteiger charge is -2.14. The Morgan fingerprint density at radius 1 is 0.963 bits per heavy atom. The summed E-state index contributed by atoms with van der Waals surface area (Å²) in [5.74, 6) is -1.56. The van der Waals surface area contributed by atoms with Gasteiger partial charge in [-0.15, -0.1) is 0 Å². The van der Waals surface area contributed by atoms with Crippen molar-refractivity contribution in [3.8, 4) is 5.75 Å². The molecule has 142 valence electrons. The van der Waals surface area contributed by atoms with Crippen LogP contribution < -0.4 is 15.4 Å². The molecule has 0 fully saturated rings. The third-order valence-corrected chi connectivity index (χ3v) is 3.29. The average Bonchev–Trinajstić information content (AvgIpc) is 2.62. The smallest absolute Gasteiger partial charge is 0.347 e. The van der Waals surface area contributed by atoms with E-state index >= 15 is 0 Å². The third-order valence-electron chi connectivity index (χ3n) is 3.29. The van der Waals surface area contributed by atoms with E-state index < -0.39 is 30.4 Å². The van der Waals surface area contributed by atoms with Gasteiger partial charge in [0, 0.05) is 18.3 Å². The predicted molar refractivity (Wildman–Crippen MR) is 96.8 cm³/mol. The van der Waals surface area contributed by atoms with Gasteiger partial charge in [-0.25, -0.2) is 9.18 Å². The first-order chi connectivity index (χ1) is 12.8. The summed E-state index contributed by atoms with van der Waals surface area (Å²) in [5, 5.41) is 5.17. The van der Waals surface area contributed by atoms with Gasteiger partial charge in [0.2, 0.25) is 5.91 Å². The first-order valence-electron chi connectivity index (χ1n) is 8.10. The van der Waals surface area contributed by atoms with Crippen molar-refractivity contribution in [2.24, 2.45) is 0 Å². The zero-order chi connectivity index (χ0) is 19.8. The van der Waals surface area contributed by atoms with Crippen LogP contribution in [0.4, 0.5) is 15.8 Å². The van der Waals surface area contributed by atoms with Gasteiger partial charge in [-0.3, -0.25) is 9.59 Å². The largest absolute Gasteiger partial charge is 0.479 e. The summed E-state index contributed by atoms with van der Waals surface area (Å²) in [6.07, 6.45) is -0.958. The molecule has 0 spiro atoms. The highest BCUT2D eigenvalue weighted by Gasteiger charge is 2.18. The van der Waals surface area contributed by atoms with Crippen LogP contribution in [-0.2, 0) is 19.1 Å². The Bertz CT molecular complexity index is 806. The van der Waals surface area contributed by atoms with Crippen molar-refractivity contribution < 1.29 is 28.2 Å². The van der Waals surface area contributed by atoms with Gasteiger partial charge in [0.25, 0.3) is 5.91 Å². The van der Waals surface area contributed by atoms with E-state index in [0.29, 0.717) is 17.1 Å². The highest BCUT2D eigenvalue weighted by atomic mass is 19.1. The van der Waals surface area contributed by atoms with E-state index in [9.17, 15) is 18.8 Å². The van der Waals surface area contributed by atoms with E-state index in [2.05, 4.69) is 10.6 Å². The molecule has 0 aliphatic rings. The monoisotopic (exact) mass is 374 g/mol. The maximum atomic E-state index is 12.8. The summed E-state index contributed by atoms with van der Waals surface area (Å²) in [5.41, 5.74) is 1.08. The minimum Gasteiger partial charge on any atom is -0.479 e. The minimum atomic E-state index is -0.958. The summed E-state index contributed by atoms with van der Waals surface area (Å²) in [7, 11) is 0. The molecule has 0 unspecified atom stereocenters. The van der Waals surface area contributed by atoms with Gasteiger partial charge in [-0.1, -0.05) is 0 Å². The standard InChI is InChI=1S/C19H19FN2O5/c1-12(27-17-9-3-14(20)4-10-17)19(25)26-11-18(24)22-16-7-5-15(6-8-16)21-13(2)23/h3-10,12H,11H2,1-2H3,(H,21,23)(H,22,24)/t12-/m1/s1. The molecule has 0 saturated carbocycles. The molecule has 0 heterocycles. The van der Waals surface area contributed by atoms with Crippen LogP contribution in [0.3, 0.4) is 0 Å². The number of carbonyl (C=O) groups excluding carboxylic acids is 3. The molecule has 1 atom stereocenters. The van der Waals surface area contributed by atoms with Crippen LogP contribution >= 0.6 is 0 Å². The lowest BCUT2D eigenvalue weighted by Crippen LogP contribution is -2.29. The number of amides is 2. The van der Waals surface area contributed by atoms with Crippen molar-refractivity contribution >= 4 is 29.2 Å². The SMILES string of the molecule is CC(=O)Nc1ccc(NC(=O)COC(=O)[C@@H](C)Oc2ccc(F)cc2)cc1. The lowest BCUT2D eigenvalue weighted by atomic mass is 10.2. The Morgan fingerprint density at radius 3 is 2.07 bits per heavy atom. The fraction of sp³-hybridized carbons (Fsp3) is 0.211. The van der Waals surface area contributed by atoms with Crippen molar-refractivity contribution in [1.29, 1.82) is 0 Å². The molecular weight excluding hydrogens is 355 g/mol. The van der Waals surface area contributed by atoms with Gasteiger partial charge in [0.1, 0.15) is 11.6 Å². The number of carbonyl (C=O) groups is 3. The van der Waals surface area contributed by atoms with Crippen molar-refractivity contribution in [1.82, 2.24) is 0 Å². The molecule has 0 aliphatic carbocycles. The maximum Gasteiger partial charge on any atom is 0.347 e. The molecule has 2 aromatic rings. The van der Waals surface area contributed by atoms with Gasteiger partial charge in [-0.2, -0.15) is 0 Å². The van der Waals surface area contributed by atoms with Crippen molar-refractivity contribution in [2.45, 2.75) is 20.0 Å². The second-order valence-electron chi connectivity index (χ2n) is 5.63. The number of benzene rings is 2. The van der Waals surface area contributed by atoms with E-state index in [-0.39, 0.29) is 5.91 Å². The van der Waals surface area contributed by atoms with E-state index in [1.54, 1.807) is 24.3 Å². The van der Waals surface area contributed by atoms with Gasteiger partial charge in [0.05, 0.1) is 0 Å². The fourth-order valence-electron chi connectivity index (χ4n) is 2.06.